The summed E-state index contributed by atoms with van der Waals surface area (Å²) in [5.74, 6) is -0.286. The smallest absolute Gasteiger partial charge is 0.149 e. The minimum absolute atomic E-state index is 0.286. The molecule has 0 aliphatic carbocycles. The molecule has 1 atom stereocenters. The molecule has 0 spiro atoms. The third kappa shape index (κ3) is 2.57. The summed E-state index contributed by atoms with van der Waals surface area (Å²) < 4.78 is 13.6. The van der Waals surface area contributed by atoms with E-state index in [2.05, 4.69) is 17.2 Å². The number of benzene rings is 1. The highest BCUT2D eigenvalue weighted by atomic mass is 19.1. The first-order chi connectivity index (χ1) is 8.76. The van der Waals surface area contributed by atoms with Gasteiger partial charge in [-0.3, -0.25) is 4.98 Å². The quantitative estimate of drug-likeness (QED) is 0.889. The maximum atomic E-state index is 13.6. The predicted molar refractivity (Wildman–Crippen MR) is 71.7 cm³/mol. The average molecular weight is 244 g/mol. The second-order valence-electron chi connectivity index (χ2n) is 4.23. The van der Waals surface area contributed by atoms with E-state index in [1.165, 1.54) is 11.8 Å². The molecular formula is C15H17FN2. The summed E-state index contributed by atoms with van der Waals surface area (Å²) in [6.07, 6.45) is 3.87. The Hall–Kier alpha value is -1.74. The molecule has 1 heterocycles. The van der Waals surface area contributed by atoms with E-state index in [1.807, 2.05) is 31.3 Å². The van der Waals surface area contributed by atoms with Crippen molar-refractivity contribution in [3.05, 3.63) is 54.1 Å². The van der Waals surface area contributed by atoms with Crippen molar-refractivity contribution in [2.75, 3.05) is 7.05 Å². The number of halogens is 1. The SMILES string of the molecule is CCC(NC)c1ccc(-c2ccncc2F)cc1. The van der Waals surface area contributed by atoms with Crippen LogP contribution in [0.2, 0.25) is 0 Å². The molecule has 1 unspecified atom stereocenters. The van der Waals surface area contributed by atoms with Crippen molar-refractivity contribution < 1.29 is 4.39 Å². The summed E-state index contributed by atoms with van der Waals surface area (Å²) in [4.78, 5) is 3.76. The highest BCUT2D eigenvalue weighted by Crippen LogP contribution is 2.24. The summed E-state index contributed by atoms with van der Waals surface area (Å²) >= 11 is 0. The predicted octanol–water partition coefficient (Wildman–Crippen LogP) is 3.56. The molecule has 0 bridgehead atoms. The van der Waals surface area contributed by atoms with Crippen LogP contribution in [0.4, 0.5) is 4.39 Å². The zero-order valence-corrected chi connectivity index (χ0v) is 10.7. The molecule has 0 fully saturated rings. The van der Waals surface area contributed by atoms with Crippen molar-refractivity contribution in [1.82, 2.24) is 10.3 Å². The average Bonchev–Trinajstić information content (AvgIpc) is 2.42. The molecular weight excluding hydrogens is 227 g/mol. The Morgan fingerprint density at radius 1 is 1.22 bits per heavy atom. The number of aromatic nitrogens is 1. The highest BCUT2D eigenvalue weighted by molar-refractivity contribution is 5.63. The molecule has 1 N–H and O–H groups in total. The van der Waals surface area contributed by atoms with Crippen LogP contribution in [0.1, 0.15) is 24.9 Å². The summed E-state index contributed by atoms with van der Waals surface area (Å²) in [5.41, 5.74) is 2.69. The maximum Gasteiger partial charge on any atom is 0.149 e. The van der Waals surface area contributed by atoms with E-state index >= 15 is 0 Å². The van der Waals surface area contributed by atoms with Crippen LogP contribution < -0.4 is 5.32 Å². The second-order valence-corrected chi connectivity index (χ2v) is 4.23. The van der Waals surface area contributed by atoms with Crippen molar-refractivity contribution in [3.8, 4) is 11.1 Å². The van der Waals surface area contributed by atoms with Gasteiger partial charge in [0.05, 0.1) is 6.20 Å². The molecule has 2 rings (SSSR count). The standard InChI is InChI=1S/C15H17FN2/c1-3-15(17-2)12-6-4-11(5-7-12)13-8-9-18-10-14(13)16/h4-10,15,17H,3H2,1-2H3. The number of nitrogens with one attached hydrogen (secondary N) is 1. The van der Waals surface area contributed by atoms with E-state index in [4.69, 9.17) is 0 Å². The van der Waals surface area contributed by atoms with Gasteiger partial charge in [-0.2, -0.15) is 0 Å². The summed E-state index contributed by atoms with van der Waals surface area (Å²) in [6.45, 7) is 2.14. The van der Waals surface area contributed by atoms with Crippen LogP contribution in [0.5, 0.6) is 0 Å². The molecule has 0 radical (unpaired) electrons. The molecule has 1 aromatic carbocycles. The molecule has 3 heteroatoms. The van der Waals surface area contributed by atoms with Crippen LogP contribution in [-0.4, -0.2) is 12.0 Å². The number of hydrogen-bond donors (Lipinski definition) is 1. The lowest BCUT2D eigenvalue weighted by Gasteiger charge is -2.14. The van der Waals surface area contributed by atoms with Crippen LogP contribution in [0.25, 0.3) is 11.1 Å². The van der Waals surface area contributed by atoms with E-state index in [1.54, 1.807) is 12.3 Å². The lowest BCUT2D eigenvalue weighted by atomic mass is 10.00. The Balaban J connectivity index is 2.30. The van der Waals surface area contributed by atoms with Crippen molar-refractivity contribution in [2.24, 2.45) is 0 Å². The first kappa shape index (κ1) is 12.7. The second kappa shape index (κ2) is 5.74. The lowest BCUT2D eigenvalue weighted by molar-refractivity contribution is 0.577. The zero-order valence-electron chi connectivity index (χ0n) is 10.7. The van der Waals surface area contributed by atoms with E-state index < -0.39 is 0 Å². The van der Waals surface area contributed by atoms with Crippen LogP contribution in [0, 0.1) is 5.82 Å². The van der Waals surface area contributed by atoms with Gasteiger partial charge in [0.2, 0.25) is 0 Å². The van der Waals surface area contributed by atoms with Crippen molar-refractivity contribution in [2.45, 2.75) is 19.4 Å². The Morgan fingerprint density at radius 3 is 2.50 bits per heavy atom. The summed E-state index contributed by atoms with van der Waals surface area (Å²) in [6, 6.07) is 10.0. The van der Waals surface area contributed by atoms with Gasteiger partial charge in [-0.15, -0.1) is 0 Å². The van der Waals surface area contributed by atoms with Gasteiger partial charge in [-0.05, 0) is 30.7 Å². The van der Waals surface area contributed by atoms with Crippen LogP contribution in [0.15, 0.2) is 42.7 Å². The first-order valence-electron chi connectivity index (χ1n) is 6.13. The number of rotatable bonds is 4. The largest absolute Gasteiger partial charge is 0.313 e. The maximum absolute atomic E-state index is 13.6. The fraction of sp³-hybridized carbons (Fsp3) is 0.267. The summed E-state index contributed by atoms with van der Waals surface area (Å²) in [5, 5.41) is 3.25. The Kier molecular flexibility index (Phi) is 4.05. The van der Waals surface area contributed by atoms with Crippen molar-refractivity contribution >= 4 is 0 Å². The molecule has 0 aliphatic rings. The Morgan fingerprint density at radius 2 is 1.94 bits per heavy atom. The first-order valence-corrected chi connectivity index (χ1v) is 6.13. The molecule has 0 saturated heterocycles. The van der Waals surface area contributed by atoms with E-state index in [-0.39, 0.29) is 5.82 Å². The molecule has 0 aliphatic heterocycles. The number of hydrogen-bond acceptors (Lipinski definition) is 2. The minimum atomic E-state index is -0.286. The van der Waals surface area contributed by atoms with Crippen LogP contribution in [-0.2, 0) is 0 Å². The van der Waals surface area contributed by atoms with E-state index in [0.29, 0.717) is 11.6 Å². The zero-order chi connectivity index (χ0) is 13.0. The van der Waals surface area contributed by atoms with Crippen molar-refractivity contribution in [1.29, 1.82) is 0 Å². The molecule has 18 heavy (non-hydrogen) atoms. The minimum Gasteiger partial charge on any atom is -0.313 e. The molecule has 94 valence electrons. The number of pyridine rings is 1. The summed E-state index contributed by atoms with van der Waals surface area (Å²) in [7, 11) is 1.95. The van der Waals surface area contributed by atoms with E-state index in [9.17, 15) is 4.39 Å². The van der Waals surface area contributed by atoms with Crippen LogP contribution >= 0.6 is 0 Å². The van der Waals surface area contributed by atoms with Gasteiger partial charge < -0.3 is 5.32 Å². The third-order valence-electron chi connectivity index (χ3n) is 3.15. The molecule has 0 saturated carbocycles. The highest BCUT2D eigenvalue weighted by Gasteiger charge is 2.08. The van der Waals surface area contributed by atoms with Gasteiger partial charge in [0.25, 0.3) is 0 Å². The number of nitrogens with zero attached hydrogens (tertiary/aromatic N) is 1. The monoisotopic (exact) mass is 244 g/mol. The topological polar surface area (TPSA) is 24.9 Å². The van der Waals surface area contributed by atoms with Crippen LogP contribution in [0.3, 0.4) is 0 Å². The molecule has 0 amide bonds. The normalized spacial score (nSPS) is 12.4. The fourth-order valence-corrected chi connectivity index (χ4v) is 2.11. The fourth-order valence-electron chi connectivity index (χ4n) is 2.11. The van der Waals surface area contributed by atoms with Gasteiger partial charge in [-0.1, -0.05) is 31.2 Å². The van der Waals surface area contributed by atoms with Gasteiger partial charge in [0.15, 0.2) is 0 Å². The molecule has 2 nitrogen and oxygen atoms in total. The third-order valence-corrected chi connectivity index (χ3v) is 3.15. The Bertz CT molecular complexity index is 504. The van der Waals surface area contributed by atoms with Gasteiger partial charge in [0, 0.05) is 17.8 Å². The van der Waals surface area contributed by atoms with E-state index in [0.717, 1.165) is 12.0 Å². The van der Waals surface area contributed by atoms with Gasteiger partial charge in [0.1, 0.15) is 5.82 Å². The molecule has 2 aromatic rings. The Labute approximate surface area is 107 Å². The van der Waals surface area contributed by atoms with Gasteiger partial charge >= 0.3 is 0 Å². The molecule has 1 aromatic heterocycles. The van der Waals surface area contributed by atoms with Crippen molar-refractivity contribution in [3.63, 3.8) is 0 Å². The van der Waals surface area contributed by atoms with Gasteiger partial charge in [-0.25, -0.2) is 4.39 Å². The lowest BCUT2D eigenvalue weighted by Crippen LogP contribution is -2.14.